The second kappa shape index (κ2) is 6.20. The van der Waals surface area contributed by atoms with Crippen LogP contribution in [0.3, 0.4) is 0 Å². The number of aryl methyl sites for hydroxylation is 1. The molecule has 1 saturated heterocycles. The van der Waals surface area contributed by atoms with Gasteiger partial charge in [0.25, 0.3) is 0 Å². The lowest BCUT2D eigenvalue weighted by Gasteiger charge is -2.32. The Morgan fingerprint density at radius 1 is 1.37 bits per heavy atom. The Morgan fingerprint density at radius 3 is 2.74 bits per heavy atom. The van der Waals surface area contributed by atoms with E-state index in [1.165, 1.54) is 11.1 Å². The molecular formula is C16H24N2O. The Hall–Kier alpha value is -1.35. The maximum Gasteiger partial charge on any atom is 0.227 e. The third-order valence-electron chi connectivity index (χ3n) is 4.08. The lowest BCUT2D eigenvalue weighted by atomic mass is 9.82. The normalized spacial score (nSPS) is 23.1. The molecule has 19 heavy (non-hydrogen) atoms. The fourth-order valence-electron chi connectivity index (χ4n) is 2.71. The standard InChI is InChI=1S/C16H24N2O/c1-3-13-7-4-5-8-14(13)11-18-15(19)16(2)9-6-10-17-12-16/h4-5,7-8,17H,3,6,9-12H2,1-2H3,(H,18,19). The average molecular weight is 260 g/mol. The SMILES string of the molecule is CCc1ccccc1CNC(=O)C1(C)CCCNC1. The molecule has 2 rings (SSSR count). The highest BCUT2D eigenvalue weighted by atomic mass is 16.2. The maximum absolute atomic E-state index is 12.3. The number of amides is 1. The molecule has 0 bridgehead atoms. The topological polar surface area (TPSA) is 41.1 Å². The van der Waals surface area contributed by atoms with Gasteiger partial charge in [-0.2, -0.15) is 0 Å². The summed E-state index contributed by atoms with van der Waals surface area (Å²) in [7, 11) is 0. The van der Waals surface area contributed by atoms with Crippen LogP contribution < -0.4 is 10.6 Å². The van der Waals surface area contributed by atoms with Crippen LogP contribution in [-0.4, -0.2) is 19.0 Å². The first-order valence-electron chi connectivity index (χ1n) is 7.21. The van der Waals surface area contributed by atoms with Gasteiger partial charge in [-0.1, -0.05) is 31.2 Å². The van der Waals surface area contributed by atoms with Gasteiger partial charge in [-0.3, -0.25) is 4.79 Å². The third-order valence-corrected chi connectivity index (χ3v) is 4.08. The zero-order valence-electron chi connectivity index (χ0n) is 12.0. The average Bonchev–Trinajstić information content (AvgIpc) is 2.45. The van der Waals surface area contributed by atoms with Crippen molar-refractivity contribution < 1.29 is 4.79 Å². The number of hydrogen-bond acceptors (Lipinski definition) is 2. The minimum atomic E-state index is -0.251. The van der Waals surface area contributed by atoms with Crippen molar-refractivity contribution in [2.75, 3.05) is 13.1 Å². The van der Waals surface area contributed by atoms with Crippen LogP contribution in [0, 0.1) is 5.41 Å². The summed E-state index contributed by atoms with van der Waals surface area (Å²) < 4.78 is 0. The van der Waals surface area contributed by atoms with Crippen LogP contribution in [0.15, 0.2) is 24.3 Å². The summed E-state index contributed by atoms with van der Waals surface area (Å²) >= 11 is 0. The molecule has 1 aliphatic heterocycles. The Kier molecular flexibility index (Phi) is 4.59. The molecule has 1 aliphatic rings. The molecule has 1 aromatic carbocycles. The minimum Gasteiger partial charge on any atom is -0.352 e. The van der Waals surface area contributed by atoms with Crippen LogP contribution in [0.25, 0.3) is 0 Å². The molecular weight excluding hydrogens is 236 g/mol. The molecule has 0 aromatic heterocycles. The molecule has 1 atom stereocenters. The van der Waals surface area contributed by atoms with Gasteiger partial charge >= 0.3 is 0 Å². The van der Waals surface area contributed by atoms with E-state index in [-0.39, 0.29) is 11.3 Å². The van der Waals surface area contributed by atoms with Gasteiger partial charge in [0.15, 0.2) is 0 Å². The van der Waals surface area contributed by atoms with Crippen molar-refractivity contribution in [1.29, 1.82) is 0 Å². The Morgan fingerprint density at radius 2 is 2.11 bits per heavy atom. The van der Waals surface area contributed by atoms with Gasteiger partial charge in [0, 0.05) is 13.1 Å². The van der Waals surface area contributed by atoms with Gasteiger partial charge in [-0.15, -0.1) is 0 Å². The van der Waals surface area contributed by atoms with Crippen molar-refractivity contribution in [2.45, 2.75) is 39.7 Å². The number of hydrogen-bond donors (Lipinski definition) is 2. The van der Waals surface area contributed by atoms with E-state index in [1.807, 2.05) is 6.07 Å². The highest BCUT2D eigenvalue weighted by molar-refractivity contribution is 5.82. The first kappa shape index (κ1) is 14.1. The zero-order valence-corrected chi connectivity index (χ0v) is 12.0. The molecule has 1 fully saturated rings. The largest absolute Gasteiger partial charge is 0.352 e. The van der Waals surface area contributed by atoms with E-state index in [1.54, 1.807) is 0 Å². The van der Waals surface area contributed by atoms with Crippen LogP contribution in [0.5, 0.6) is 0 Å². The number of piperidine rings is 1. The maximum atomic E-state index is 12.3. The lowest BCUT2D eigenvalue weighted by molar-refractivity contribution is -0.131. The summed E-state index contributed by atoms with van der Waals surface area (Å²) in [6, 6.07) is 8.31. The van der Waals surface area contributed by atoms with E-state index in [0.29, 0.717) is 6.54 Å². The second-order valence-corrected chi connectivity index (χ2v) is 5.65. The van der Waals surface area contributed by atoms with E-state index in [9.17, 15) is 4.79 Å². The molecule has 3 nitrogen and oxygen atoms in total. The summed E-state index contributed by atoms with van der Waals surface area (Å²) in [5.74, 6) is 0.172. The smallest absolute Gasteiger partial charge is 0.227 e. The fraction of sp³-hybridized carbons (Fsp3) is 0.562. The summed E-state index contributed by atoms with van der Waals surface area (Å²) in [6.07, 6.45) is 3.06. The van der Waals surface area contributed by atoms with Crippen molar-refractivity contribution in [2.24, 2.45) is 5.41 Å². The summed E-state index contributed by atoms with van der Waals surface area (Å²) in [4.78, 5) is 12.3. The van der Waals surface area contributed by atoms with Crippen LogP contribution in [0.2, 0.25) is 0 Å². The number of carbonyl (C=O) groups excluding carboxylic acids is 1. The van der Waals surface area contributed by atoms with Gasteiger partial charge < -0.3 is 10.6 Å². The van der Waals surface area contributed by atoms with Gasteiger partial charge in [0.2, 0.25) is 5.91 Å². The number of rotatable bonds is 4. The molecule has 0 saturated carbocycles. The summed E-state index contributed by atoms with van der Waals surface area (Å²) in [6.45, 7) is 6.65. The second-order valence-electron chi connectivity index (χ2n) is 5.65. The Balaban J connectivity index is 1.96. The minimum absolute atomic E-state index is 0.172. The van der Waals surface area contributed by atoms with Crippen molar-refractivity contribution in [3.8, 4) is 0 Å². The highest BCUT2D eigenvalue weighted by Gasteiger charge is 2.34. The first-order chi connectivity index (χ1) is 9.15. The molecule has 2 N–H and O–H groups in total. The lowest BCUT2D eigenvalue weighted by Crippen LogP contribution is -2.48. The van der Waals surface area contributed by atoms with E-state index in [0.717, 1.165) is 32.4 Å². The first-order valence-corrected chi connectivity index (χ1v) is 7.21. The monoisotopic (exact) mass is 260 g/mol. The fourth-order valence-corrected chi connectivity index (χ4v) is 2.71. The number of carbonyl (C=O) groups is 1. The number of nitrogens with one attached hydrogen (secondary N) is 2. The predicted octanol–water partition coefficient (Wildman–Crippen LogP) is 2.25. The molecule has 0 radical (unpaired) electrons. The third kappa shape index (κ3) is 3.35. The molecule has 1 heterocycles. The van der Waals surface area contributed by atoms with Crippen LogP contribution in [0.1, 0.15) is 37.8 Å². The quantitative estimate of drug-likeness (QED) is 0.872. The molecule has 1 amide bonds. The Bertz CT molecular complexity index is 436. The van der Waals surface area contributed by atoms with E-state index in [2.05, 4.69) is 42.7 Å². The van der Waals surface area contributed by atoms with Gasteiger partial charge in [0.05, 0.1) is 5.41 Å². The number of benzene rings is 1. The molecule has 1 aromatic rings. The van der Waals surface area contributed by atoms with Gasteiger partial charge in [0.1, 0.15) is 0 Å². The van der Waals surface area contributed by atoms with E-state index < -0.39 is 0 Å². The molecule has 0 aliphatic carbocycles. The zero-order chi connectivity index (χ0) is 13.7. The van der Waals surface area contributed by atoms with Crippen molar-refractivity contribution >= 4 is 5.91 Å². The van der Waals surface area contributed by atoms with E-state index in [4.69, 9.17) is 0 Å². The summed E-state index contributed by atoms with van der Waals surface area (Å²) in [5, 5.41) is 6.42. The van der Waals surface area contributed by atoms with Crippen molar-refractivity contribution in [1.82, 2.24) is 10.6 Å². The van der Waals surface area contributed by atoms with Crippen LogP contribution in [0.4, 0.5) is 0 Å². The Labute approximate surface area is 115 Å². The molecule has 3 heteroatoms. The van der Waals surface area contributed by atoms with Gasteiger partial charge in [-0.05, 0) is 43.9 Å². The predicted molar refractivity (Wildman–Crippen MR) is 77.9 cm³/mol. The van der Waals surface area contributed by atoms with Crippen molar-refractivity contribution in [3.05, 3.63) is 35.4 Å². The van der Waals surface area contributed by atoms with Crippen LogP contribution in [-0.2, 0) is 17.8 Å². The molecule has 104 valence electrons. The molecule has 0 spiro atoms. The van der Waals surface area contributed by atoms with Crippen LogP contribution >= 0.6 is 0 Å². The van der Waals surface area contributed by atoms with Crippen molar-refractivity contribution in [3.63, 3.8) is 0 Å². The molecule has 1 unspecified atom stereocenters. The van der Waals surface area contributed by atoms with E-state index >= 15 is 0 Å². The van der Waals surface area contributed by atoms with Gasteiger partial charge in [-0.25, -0.2) is 0 Å². The summed E-state index contributed by atoms with van der Waals surface area (Å²) in [5.41, 5.74) is 2.29. The highest BCUT2D eigenvalue weighted by Crippen LogP contribution is 2.25.